The highest BCUT2D eigenvalue weighted by atomic mass is 79.9. The second-order valence-electron chi connectivity index (χ2n) is 6.20. The topological polar surface area (TPSA) is 30.5 Å². The molecule has 3 rings (SSSR count). The first kappa shape index (κ1) is 21.8. The van der Waals surface area contributed by atoms with Crippen LogP contribution in [0.1, 0.15) is 18.1 Å². The molecule has 0 aliphatic rings. The molecular weight excluding hydrogens is 480 g/mol. The molecule has 0 heterocycles. The van der Waals surface area contributed by atoms with E-state index < -0.39 is 5.82 Å². The summed E-state index contributed by atoms with van der Waals surface area (Å²) in [5.41, 5.74) is 2.58. The molecule has 0 aromatic heterocycles. The van der Waals surface area contributed by atoms with Gasteiger partial charge in [0.1, 0.15) is 12.4 Å². The van der Waals surface area contributed by atoms with Crippen molar-refractivity contribution in [2.75, 3.05) is 11.9 Å². The highest BCUT2D eigenvalue weighted by molar-refractivity contribution is 9.10. The van der Waals surface area contributed by atoms with Crippen molar-refractivity contribution in [3.8, 4) is 11.5 Å². The molecule has 1 N–H and O–H groups in total. The van der Waals surface area contributed by atoms with Crippen LogP contribution in [-0.2, 0) is 13.2 Å². The molecule has 3 nitrogen and oxygen atoms in total. The summed E-state index contributed by atoms with van der Waals surface area (Å²) in [7, 11) is 0. The molecule has 0 atom stereocenters. The second kappa shape index (κ2) is 10.2. The van der Waals surface area contributed by atoms with Gasteiger partial charge in [-0.25, -0.2) is 4.39 Å². The average Bonchev–Trinajstić information content (AvgIpc) is 2.70. The minimum absolute atomic E-state index is 0.0782. The summed E-state index contributed by atoms with van der Waals surface area (Å²) >= 11 is 15.6. The molecule has 0 spiro atoms. The number of benzene rings is 3. The van der Waals surface area contributed by atoms with Gasteiger partial charge < -0.3 is 14.8 Å². The summed E-state index contributed by atoms with van der Waals surface area (Å²) in [6.45, 7) is 3.24. The van der Waals surface area contributed by atoms with E-state index in [1.165, 1.54) is 6.07 Å². The first-order valence-electron chi connectivity index (χ1n) is 8.98. The summed E-state index contributed by atoms with van der Waals surface area (Å²) < 4.78 is 25.9. The standard InChI is InChI=1S/C22H19BrCl2FNO2/c1-2-28-21-10-14(12-27-16-7-8-20(26)19(25)11-16)9-17(23)22(21)29-13-15-5-3-4-6-18(15)24/h3-11,27H,2,12-13H2,1H3. The highest BCUT2D eigenvalue weighted by Gasteiger charge is 2.13. The normalized spacial score (nSPS) is 10.7. The second-order valence-corrected chi connectivity index (χ2v) is 7.87. The van der Waals surface area contributed by atoms with Gasteiger partial charge >= 0.3 is 0 Å². The molecule has 0 fully saturated rings. The molecule has 0 amide bonds. The first-order chi connectivity index (χ1) is 14.0. The Bertz CT molecular complexity index is 1000. The van der Waals surface area contributed by atoms with Crippen LogP contribution in [0.15, 0.2) is 59.1 Å². The van der Waals surface area contributed by atoms with Crippen molar-refractivity contribution in [2.45, 2.75) is 20.1 Å². The maximum absolute atomic E-state index is 13.3. The Hall–Kier alpha value is -1.95. The largest absolute Gasteiger partial charge is 0.490 e. The van der Waals surface area contributed by atoms with Crippen molar-refractivity contribution in [2.24, 2.45) is 0 Å². The van der Waals surface area contributed by atoms with Gasteiger partial charge in [-0.05, 0) is 64.8 Å². The molecule has 0 saturated carbocycles. The average molecular weight is 499 g/mol. The van der Waals surface area contributed by atoms with E-state index >= 15 is 0 Å². The van der Waals surface area contributed by atoms with E-state index in [1.54, 1.807) is 12.1 Å². The SMILES string of the molecule is CCOc1cc(CNc2ccc(F)c(Cl)c2)cc(Br)c1OCc1ccccc1Cl. The summed E-state index contributed by atoms with van der Waals surface area (Å²) in [5, 5.41) is 3.96. The van der Waals surface area contributed by atoms with Crippen molar-refractivity contribution in [3.63, 3.8) is 0 Å². The third-order valence-electron chi connectivity index (χ3n) is 4.12. The van der Waals surface area contributed by atoms with Gasteiger partial charge in [-0.2, -0.15) is 0 Å². The van der Waals surface area contributed by atoms with Crippen LogP contribution in [0.3, 0.4) is 0 Å². The lowest BCUT2D eigenvalue weighted by molar-refractivity contribution is 0.267. The summed E-state index contributed by atoms with van der Waals surface area (Å²) in [5.74, 6) is 0.793. The number of hydrogen-bond acceptors (Lipinski definition) is 3. The summed E-state index contributed by atoms with van der Waals surface area (Å²) in [6.07, 6.45) is 0. The van der Waals surface area contributed by atoms with E-state index in [9.17, 15) is 4.39 Å². The van der Waals surface area contributed by atoms with Gasteiger partial charge in [0.25, 0.3) is 0 Å². The maximum atomic E-state index is 13.3. The predicted molar refractivity (Wildman–Crippen MR) is 120 cm³/mol. The van der Waals surface area contributed by atoms with Gasteiger partial charge in [0.15, 0.2) is 11.5 Å². The third-order valence-corrected chi connectivity index (χ3v) is 5.36. The van der Waals surface area contributed by atoms with Crippen LogP contribution < -0.4 is 14.8 Å². The number of halogens is 4. The van der Waals surface area contributed by atoms with Crippen LogP contribution in [0.4, 0.5) is 10.1 Å². The minimum atomic E-state index is -0.446. The number of ether oxygens (including phenoxy) is 2. The zero-order valence-electron chi connectivity index (χ0n) is 15.6. The Morgan fingerprint density at radius 1 is 1.00 bits per heavy atom. The molecule has 3 aromatic rings. The highest BCUT2D eigenvalue weighted by Crippen LogP contribution is 2.38. The smallest absolute Gasteiger partial charge is 0.175 e. The van der Waals surface area contributed by atoms with E-state index in [2.05, 4.69) is 21.2 Å². The van der Waals surface area contributed by atoms with Gasteiger partial charge in [0.2, 0.25) is 0 Å². The Labute approximate surface area is 187 Å². The molecule has 7 heteroatoms. The van der Waals surface area contributed by atoms with Crippen LogP contribution in [0.25, 0.3) is 0 Å². The Kier molecular flexibility index (Phi) is 7.64. The predicted octanol–water partition coefficient (Wildman–Crippen LogP) is 7.48. The Morgan fingerprint density at radius 2 is 1.79 bits per heavy atom. The van der Waals surface area contributed by atoms with E-state index in [4.69, 9.17) is 32.7 Å². The fourth-order valence-electron chi connectivity index (χ4n) is 2.70. The molecular formula is C22H19BrCl2FNO2. The van der Waals surface area contributed by atoms with E-state index in [1.807, 2.05) is 43.3 Å². The van der Waals surface area contributed by atoms with E-state index in [-0.39, 0.29) is 5.02 Å². The number of nitrogens with one attached hydrogen (secondary N) is 1. The molecule has 0 bridgehead atoms. The Morgan fingerprint density at radius 3 is 2.52 bits per heavy atom. The lowest BCUT2D eigenvalue weighted by atomic mass is 10.2. The van der Waals surface area contributed by atoms with Gasteiger partial charge in [0.05, 0.1) is 16.1 Å². The number of rotatable bonds is 8. The Balaban J connectivity index is 1.76. The van der Waals surface area contributed by atoms with Crippen molar-refractivity contribution in [3.05, 3.63) is 86.1 Å². The lowest BCUT2D eigenvalue weighted by Gasteiger charge is -2.16. The number of hydrogen-bond donors (Lipinski definition) is 1. The van der Waals surface area contributed by atoms with E-state index in [0.29, 0.717) is 36.3 Å². The fourth-order valence-corrected chi connectivity index (χ4v) is 3.68. The molecule has 29 heavy (non-hydrogen) atoms. The van der Waals surface area contributed by atoms with Gasteiger partial charge in [0, 0.05) is 22.8 Å². The lowest BCUT2D eigenvalue weighted by Crippen LogP contribution is -2.04. The van der Waals surface area contributed by atoms with Crippen LogP contribution >= 0.6 is 39.1 Å². The summed E-state index contributed by atoms with van der Waals surface area (Å²) in [4.78, 5) is 0. The third kappa shape index (κ3) is 5.78. The molecule has 0 saturated heterocycles. The summed E-state index contributed by atoms with van der Waals surface area (Å²) in [6, 6.07) is 15.9. The molecule has 3 aromatic carbocycles. The van der Waals surface area contributed by atoms with Crippen molar-refractivity contribution >= 4 is 44.8 Å². The molecule has 0 aliphatic heterocycles. The van der Waals surface area contributed by atoms with Crippen molar-refractivity contribution in [1.82, 2.24) is 0 Å². The van der Waals surface area contributed by atoms with Crippen LogP contribution in [0.2, 0.25) is 10.0 Å². The van der Waals surface area contributed by atoms with E-state index in [0.717, 1.165) is 21.3 Å². The minimum Gasteiger partial charge on any atom is -0.490 e. The molecule has 0 radical (unpaired) electrons. The van der Waals surface area contributed by atoms with Gasteiger partial charge in [-0.1, -0.05) is 41.4 Å². The zero-order chi connectivity index (χ0) is 20.8. The van der Waals surface area contributed by atoms with Crippen LogP contribution in [-0.4, -0.2) is 6.61 Å². The van der Waals surface area contributed by atoms with Gasteiger partial charge in [-0.3, -0.25) is 0 Å². The van der Waals surface area contributed by atoms with Gasteiger partial charge in [-0.15, -0.1) is 0 Å². The monoisotopic (exact) mass is 497 g/mol. The van der Waals surface area contributed by atoms with Crippen LogP contribution in [0.5, 0.6) is 11.5 Å². The molecule has 0 unspecified atom stereocenters. The van der Waals surface area contributed by atoms with Crippen molar-refractivity contribution in [1.29, 1.82) is 0 Å². The molecule has 152 valence electrons. The van der Waals surface area contributed by atoms with Crippen LogP contribution in [0, 0.1) is 5.82 Å². The number of anilines is 1. The maximum Gasteiger partial charge on any atom is 0.175 e. The van der Waals surface area contributed by atoms with Crippen molar-refractivity contribution < 1.29 is 13.9 Å². The zero-order valence-corrected chi connectivity index (χ0v) is 18.7. The molecule has 0 aliphatic carbocycles. The first-order valence-corrected chi connectivity index (χ1v) is 10.5. The fraction of sp³-hybridized carbons (Fsp3) is 0.182. The quantitative estimate of drug-likeness (QED) is 0.349.